The highest BCUT2D eigenvalue weighted by molar-refractivity contribution is 5.93. The highest BCUT2D eigenvalue weighted by Gasteiger charge is 2.31. The molecule has 3 heterocycles. The highest BCUT2D eigenvalue weighted by atomic mass is 16.5. The van der Waals surface area contributed by atoms with Crippen molar-refractivity contribution in [2.24, 2.45) is 0 Å². The number of methoxy groups -OCH3 is 1. The molecule has 140 valence electrons. The first kappa shape index (κ1) is 17.3. The van der Waals surface area contributed by atoms with Crippen LogP contribution in [0.3, 0.4) is 0 Å². The molecule has 1 amide bonds. The van der Waals surface area contributed by atoms with E-state index in [0.29, 0.717) is 17.9 Å². The number of ether oxygens (including phenoxy) is 1. The Balaban J connectivity index is 1.59. The Morgan fingerprint density at radius 2 is 2.19 bits per heavy atom. The van der Waals surface area contributed by atoms with Crippen molar-refractivity contribution in [3.05, 3.63) is 53.5 Å². The number of piperidine rings is 1. The summed E-state index contributed by atoms with van der Waals surface area (Å²) in [7, 11) is 1.63. The maximum atomic E-state index is 13.1. The van der Waals surface area contributed by atoms with Crippen LogP contribution in [0.1, 0.15) is 47.2 Å². The number of carbonyl (C=O) groups excluding carboxylic acids is 1. The standard InChI is InChI=1S/C20H22N4O3/c1-13-10-17(23-27-13)19-8-3-4-9-24(19)20(25)18-12-16(21-22-18)14-6-5-7-15(11-14)26-2/h5-7,10-12,19H,3-4,8-9H2,1-2H3,(H,21,22). The van der Waals surface area contributed by atoms with Gasteiger partial charge in [-0.1, -0.05) is 17.3 Å². The third kappa shape index (κ3) is 3.45. The van der Waals surface area contributed by atoms with Gasteiger partial charge in [0.2, 0.25) is 0 Å². The summed E-state index contributed by atoms with van der Waals surface area (Å²) in [6.45, 7) is 2.56. The van der Waals surface area contributed by atoms with E-state index in [4.69, 9.17) is 9.26 Å². The largest absolute Gasteiger partial charge is 0.497 e. The molecule has 7 nitrogen and oxygen atoms in total. The van der Waals surface area contributed by atoms with Gasteiger partial charge in [-0.25, -0.2) is 0 Å². The number of aryl methyl sites for hydroxylation is 1. The smallest absolute Gasteiger partial charge is 0.272 e. The molecule has 1 N–H and O–H groups in total. The number of hydrogen-bond acceptors (Lipinski definition) is 5. The fraction of sp³-hybridized carbons (Fsp3) is 0.350. The monoisotopic (exact) mass is 366 g/mol. The summed E-state index contributed by atoms with van der Waals surface area (Å²) < 4.78 is 10.5. The second-order valence-electron chi connectivity index (χ2n) is 6.77. The van der Waals surface area contributed by atoms with E-state index in [-0.39, 0.29) is 11.9 Å². The van der Waals surface area contributed by atoms with Crippen molar-refractivity contribution in [3.8, 4) is 17.0 Å². The van der Waals surface area contributed by atoms with Gasteiger partial charge in [0.15, 0.2) is 0 Å². The van der Waals surface area contributed by atoms with Gasteiger partial charge < -0.3 is 14.2 Å². The summed E-state index contributed by atoms with van der Waals surface area (Å²) in [5.74, 6) is 1.44. The van der Waals surface area contributed by atoms with Crippen LogP contribution in [0.2, 0.25) is 0 Å². The fourth-order valence-corrected chi connectivity index (χ4v) is 3.54. The van der Waals surface area contributed by atoms with Crippen LogP contribution in [-0.2, 0) is 0 Å². The third-order valence-corrected chi connectivity index (χ3v) is 4.93. The van der Waals surface area contributed by atoms with Crippen LogP contribution >= 0.6 is 0 Å². The van der Waals surface area contributed by atoms with Gasteiger partial charge >= 0.3 is 0 Å². The number of amides is 1. The zero-order chi connectivity index (χ0) is 18.8. The lowest BCUT2D eigenvalue weighted by molar-refractivity contribution is 0.0595. The number of benzene rings is 1. The van der Waals surface area contributed by atoms with E-state index in [1.807, 2.05) is 42.2 Å². The van der Waals surface area contributed by atoms with Gasteiger partial charge in [0.05, 0.1) is 18.8 Å². The first-order chi connectivity index (χ1) is 13.2. The maximum Gasteiger partial charge on any atom is 0.272 e. The van der Waals surface area contributed by atoms with Crippen LogP contribution in [0.25, 0.3) is 11.3 Å². The number of nitrogens with one attached hydrogen (secondary N) is 1. The minimum atomic E-state index is -0.0676. The SMILES string of the molecule is COc1cccc(-c2cc(C(=O)N3CCCCC3c3cc(C)on3)[nH]n2)c1. The first-order valence-electron chi connectivity index (χ1n) is 9.10. The quantitative estimate of drug-likeness (QED) is 0.760. The molecule has 1 fully saturated rings. The Labute approximate surface area is 157 Å². The molecule has 0 spiro atoms. The van der Waals surface area contributed by atoms with Crippen molar-refractivity contribution >= 4 is 5.91 Å². The summed E-state index contributed by atoms with van der Waals surface area (Å²) in [6.07, 6.45) is 2.93. The maximum absolute atomic E-state index is 13.1. The Kier molecular flexibility index (Phi) is 4.66. The molecule has 1 aliphatic heterocycles. The number of likely N-dealkylation sites (tertiary alicyclic amines) is 1. The molecule has 0 saturated carbocycles. The van der Waals surface area contributed by atoms with E-state index in [1.165, 1.54) is 0 Å². The zero-order valence-electron chi connectivity index (χ0n) is 15.4. The minimum Gasteiger partial charge on any atom is -0.497 e. The molecule has 1 unspecified atom stereocenters. The number of carbonyl (C=O) groups is 1. The van der Waals surface area contributed by atoms with Crippen LogP contribution in [0, 0.1) is 6.92 Å². The van der Waals surface area contributed by atoms with E-state index < -0.39 is 0 Å². The number of aromatic amines is 1. The molecular weight excluding hydrogens is 344 g/mol. The van der Waals surface area contributed by atoms with E-state index >= 15 is 0 Å². The van der Waals surface area contributed by atoms with Crippen molar-refractivity contribution < 1.29 is 14.1 Å². The molecule has 1 aliphatic rings. The molecule has 7 heteroatoms. The average Bonchev–Trinajstić information content (AvgIpc) is 3.37. The average molecular weight is 366 g/mol. The van der Waals surface area contributed by atoms with Crippen LogP contribution in [0.5, 0.6) is 5.75 Å². The van der Waals surface area contributed by atoms with Gasteiger partial charge in [0.1, 0.15) is 22.9 Å². The molecule has 0 radical (unpaired) electrons. The number of hydrogen-bond donors (Lipinski definition) is 1. The Morgan fingerprint density at radius 3 is 2.96 bits per heavy atom. The second-order valence-corrected chi connectivity index (χ2v) is 6.77. The van der Waals surface area contributed by atoms with E-state index in [9.17, 15) is 4.79 Å². The van der Waals surface area contributed by atoms with Gasteiger partial charge in [-0.2, -0.15) is 5.10 Å². The molecule has 0 bridgehead atoms. The predicted octanol–water partition coefficient (Wildman–Crippen LogP) is 3.75. The summed E-state index contributed by atoms with van der Waals surface area (Å²) in [6, 6.07) is 11.2. The summed E-state index contributed by atoms with van der Waals surface area (Å²) in [5, 5.41) is 11.3. The highest BCUT2D eigenvalue weighted by Crippen LogP contribution is 2.32. The molecule has 4 rings (SSSR count). The van der Waals surface area contributed by atoms with Crippen molar-refractivity contribution in [3.63, 3.8) is 0 Å². The number of rotatable bonds is 4. The lowest BCUT2D eigenvalue weighted by Gasteiger charge is -2.34. The normalized spacial score (nSPS) is 17.1. The van der Waals surface area contributed by atoms with Gasteiger partial charge in [0.25, 0.3) is 5.91 Å². The molecule has 1 saturated heterocycles. The number of nitrogens with zero attached hydrogens (tertiary/aromatic N) is 3. The lowest BCUT2D eigenvalue weighted by atomic mass is 9.98. The van der Waals surface area contributed by atoms with E-state index in [2.05, 4.69) is 15.4 Å². The van der Waals surface area contributed by atoms with Crippen LogP contribution in [0.15, 0.2) is 40.9 Å². The minimum absolute atomic E-state index is 0.0627. The molecule has 1 aromatic carbocycles. The number of aromatic nitrogens is 3. The van der Waals surface area contributed by atoms with Crippen LogP contribution < -0.4 is 4.74 Å². The Morgan fingerprint density at radius 1 is 1.30 bits per heavy atom. The lowest BCUT2D eigenvalue weighted by Crippen LogP contribution is -2.38. The first-order valence-corrected chi connectivity index (χ1v) is 9.10. The molecule has 27 heavy (non-hydrogen) atoms. The van der Waals surface area contributed by atoms with E-state index in [0.717, 1.165) is 42.0 Å². The van der Waals surface area contributed by atoms with Gasteiger partial charge in [-0.15, -0.1) is 0 Å². The summed E-state index contributed by atoms with van der Waals surface area (Å²) in [5.41, 5.74) is 2.89. The molecule has 0 aliphatic carbocycles. The Bertz CT molecular complexity index is 946. The number of H-pyrrole nitrogens is 1. The van der Waals surface area contributed by atoms with E-state index in [1.54, 1.807) is 13.2 Å². The molecule has 3 aromatic rings. The fourth-order valence-electron chi connectivity index (χ4n) is 3.54. The molecule has 1 atom stereocenters. The van der Waals surface area contributed by atoms with Crippen LogP contribution in [-0.4, -0.2) is 39.8 Å². The van der Waals surface area contributed by atoms with Gasteiger partial charge in [-0.05, 0) is 44.4 Å². The third-order valence-electron chi connectivity index (χ3n) is 4.93. The van der Waals surface area contributed by atoms with Gasteiger partial charge in [-0.3, -0.25) is 9.89 Å². The summed E-state index contributed by atoms with van der Waals surface area (Å²) in [4.78, 5) is 15.0. The second kappa shape index (κ2) is 7.26. The zero-order valence-corrected chi connectivity index (χ0v) is 15.4. The Hall–Kier alpha value is -3.09. The topological polar surface area (TPSA) is 84.2 Å². The molecular formula is C20H22N4O3. The summed E-state index contributed by atoms with van der Waals surface area (Å²) >= 11 is 0. The molecule has 2 aromatic heterocycles. The van der Waals surface area contributed by atoms with Crippen LogP contribution in [0.4, 0.5) is 0 Å². The van der Waals surface area contributed by atoms with Crippen molar-refractivity contribution in [1.29, 1.82) is 0 Å². The predicted molar refractivity (Wildman–Crippen MR) is 99.4 cm³/mol. The van der Waals surface area contributed by atoms with Crippen molar-refractivity contribution in [2.45, 2.75) is 32.2 Å². The van der Waals surface area contributed by atoms with Crippen molar-refractivity contribution in [1.82, 2.24) is 20.3 Å². The van der Waals surface area contributed by atoms with Gasteiger partial charge in [0, 0.05) is 18.2 Å². The van der Waals surface area contributed by atoms with Crippen molar-refractivity contribution in [2.75, 3.05) is 13.7 Å².